The van der Waals surface area contributed by atoms with E-state index in [1.165, 1.54) is 30.9 Å². The fourth-order valence-electron chi connectivity index (χ4n) is 4.11. The molecule has 3 aromatic rings. The molecule has 200 valence electrons. The average molecular weight is 546 g/mol. The number of amides is 3. The topological polar surface area (TPSA) is 105 Å². The first-order chi connectivity index (χ1) is 18.8. The Morgan fingerprint density at radius 2 is 1.56 bits per heavy atom. The van der Waals surface area contributed by atoms with Gasteiger partial charge in [-0.15, -0.1) is 0 Å². The quantitative estimate of drug-likeness (QED) is 0.260. The van der Waals surface area contributed by atoms with Gasteiger partial charge in [-0.3, -0.25) is 14.4 Å². The highest BCUT2D eigenvalue weighted by Gasteiger charge is 2.39. The van der Waals surface area contributed by atoms with Crippen LogP contribution in [0.4, 0.5) is 17.1 Å². The molecule has 0 saturated carbocycles. The monoisotopic (exact) mass is 545 g/mol. The van der Waals surface area contributed by atoms with E-state index in [4.69, 9.17) is 16.3 Å². The van der Waals surface area contributed by atoms with Crippen LogP contribution in [0.5, 0.6) is 0 Å². The second-order valence-electron chi connectivity index (χ2n) is 9.02. The van der Waals surface area contributed by atoms with Gasteiger partial charge in [0.15, 0.2) is 0 Å². The molecule has 0 radical (unpaired) electrons. The first-order valence-corrected chi connectivity index (χ1v) is 12.9. The van der Waals surface area contributed by atoms with Gasteiger partial charge in [0.05, 0.1) is 24.8 Å². The van der Waals surface area contributed by atoms with E-state index in [0.717, 1.165) is 35.4 Å². The molecule has 1 aliphatic rings. The summed E-state index contributed by atoms with van der Waals surface area (Å²) >= 11 is 6.22. The number of carbonyl (C=O) groups is 4. The molecule has 1 aliphatic heterocycles. The lowest BCUT2D eigenvalue weighted by Crippen LogP contribution is -2.32. The number of hydrogen-bond donors (Lipinski definition) is 2. The van der Waals surface area contributed by atoms with Crippen molar-refractivity contribution in [1.82, 2.24) is 0 Å². The Balaban J connectivity index is 1.38. The zero-order chi connectivity index (χ0) is 27.9. The SMILES string of the molecule is CCCCc1ccc(NC(=O)Cc2ccc(NC3=C(Cl)C(=O)N(c4cccc(C(=O)OC)c4)C3=O)cc2)cc1. The number of carbonyl (C=O) groups excluding carboxylic acids is 4. The summed E-state index contributed by atoms with van der Waals surface area (Å²) in [5, 5.41) is 5.53. The minimum atomic E-state index is -0.710. The van der Waals surface area contributed by atoms with Gasteiger partial charge in [0, 0.05) is 11.4 Å². The van der Waals surface area contributed by atoms with Crippen molar-refractivity contribution in [2.24, 2.45) is 0 Å². The molecule has 1 heterocycles. The third kappa shape index (κ3) is 6.53. The predicted molar refractivity (Wildman–Crippen MR) is 151 cm³/mol. The van der Waals surface area contributed by atoms with Crippen LogP contribution in [-0.4, -0.2) is 30.8 Å². The van der Waals surface area contributed by atoms with E-state index in [9.17, 15) is 19.2 Å². The highest BCUT2D eigenvalue weighted by atomic mass is 35.5. The number of hydrogen-bond acceptors (Lipinski definition) is 6. The van der Waals surface area contributed by atoms with E-state index in [-0.39, 0.29) is 34.3 Å². The molecule has 3 amide bonds. The van der Waals surface area contributed by atoms with Crippen LogP contribution in [0.15, 0.2) is 83.5 Å². The third-order valence-electron chi connectivity index (χ3n) is 6.20. The lowest BCUT2D eigenvalue weighted by molar-refractivity contribution is -0.120. The van der Waals surface area contributed by atoms with Crippen LogP contribution < -0.4 is 15.5 Å². The summed E-state index contributed by atoms with van der Waals surface area (Å²) in [5.41, 5.74) is 3.57. The van der Waals surface area contributed by atoms with Gasteiger partial charge < -0.3 is 15.4 Å². The van der Waals surface area contributed by atoms with Crippen molar-refractivity contribution in [2.75, 3.05) is 22.6 Å². The van der Waals surface area contributed by atoms with Gasteiger partial charge in [-0.2, -0.15) is 0 Å². The number of aryl methyl sites for hydroxylation is 1. The first kappa shape index (κ1) is 27.6. The summed E-state index contributed by atoms with van der Waals surface area (Å²) < 4.78 is 4.71. The molecule has 0 unspecified atom stereocenters. The largest absolute Gasteiger partial charge is 0.465 e. The molecular formula is C30H28ClN3O5. The molecule has 0 aromatic heterocycles. The van der Waals surface area contributed by atoms with Crippen molar-refractivity contribution in [3.05, 3.63) is 100 Å². The van der Waals surface area contributed by atoms with Gasteiger partial charge in [0.2, 0.25) is 5.91 Å². The van der Waals surface area contributed by atoms with E-state index in [1.54, 1.807) is 30.3 Å². The van der Waals surface area contributed by atoms with Gasteiger partial charge in [-0.1, -0.05) is 55.3 Å². The lowest BCUT2D eigenvalue weighted by atomic mass is 10.1. The van der Waals surface area contributed by atoms with Crippen molar-refractivity contribution in [3.8, 4) is 0 Å². The molecular weight excluding hydrogens is 518 g/mol. The van der Waals surface area contributed by atoms with Crippen LogP contribution in [0.1, 0.15) is 41.3 Å². The zero-order valence-electron chi connectivity index (χ0n) is 21.6. The number of unbranched alkanes of at least 4 members (excludes halogenated alkanes) is 1. The van der Waals surface area contributed by atoms with Crippen LogP contribution in [0, 0.1) is 0 Å². The van der Waals surface area contributed by atoms with Gasteiger partial charge in [0.25, 0.3) is 11.8 Å². The molecule has 0 aliphatic carbocycles. The number of esters is 1. The van der Waals surface area contributed by atoms with E-state index in [0.29, 0.717) is 5.69 Å². The van der Waals surface area contributed by atoms with E-state index < -0.39 is 17.8 Å². The second-order valence-corrected chi connectivity index (χ2v) is 9.40. The predicted octanol–water partition coefficient (Wildman–Crippen LogP) is 5.43. The maximum absolute atomic E-state index is 13.1. The molecule has 0 fully saturated rings. The summed E-state index contributed by atoms with van der Waals surface area (Å²) in [7, 11) is 1.24. The standard InChI is InChI=1S/C30H28ClN3O5/c1-3-4-6-19-9-13-22(14-10-19)32-25(35)17-20-11-15-23(16-12-20)33-27-26(31)28(36)34(29(27)37)24-8-5-7-21(18-24)30(38)39-2/h5,7-16,18,33H,3-4,6,17H2,1-2H3,(H,32,35). The van der Waals surface area contributed by atoms with Crippen LogP contribution in [-0.2, 0) is 32.0 Å². The maximum atomic E-state index is 13.1. The number of imide groups is 1. The molecule has 4 rings (SSSR count). The number of nitrogens with zero attached hydrogens (tertiary/aromatic N) is 1. The fourth-order valence-corrected chi connectivity index (χ4v) is 4.32. The number of rotatable bonds is 10. The van der Waals surface area contributed by atoms with E-state index in [2.05, 4.69) is 17.6 Å². The van der Waals surface area contributed by atoms with E-state index >= 15 is 0 Å². The normalized spacial score (nSPS) is 13.1. The summed E-state index contributed by atoms with van der Waals surface area (Å²) in [6.07, 6.45) is 3.46. The first-order valence-electron chi connectivity index (χ1n) is 12.5. The van der Waals surface area contributed by atoms with E-state index in [1.807, 2.05) is 24.3 Å². The zero-order valence-corrected chi connectivity index (χ0v) is 22.4. The molecule has 2 N–H and O–H groups in total. The third-order valence-corrected chi connectivity index (χ3v) is 6.55. The smallest absolute Gasteiger partial charge is 0.337 e. The highest BCUT2D eigenvalue weighted by Crippen LogP contribution is 2.30. The number of anilines is 3. The molecule has 39 heavy (non-hydrogen) atoms. The van der Waals surface area contributed by atoms with Crippen LogP contribution in [0.3, 0.4) is 0 Å². The molecule has 0 spiro atoms. The number of nitrogens with one attached hydrogen (secondary N) is 2. The van der Waals surface area contributed by atoms with Crippen molar-refractivity contribution in [3.63, 3.8) is 0 Å². The number of ether oxygens (including phenoxy) is 1. The Morgan fingerprint density at radius 1 is 0.897 bits per heavy atom. The molecule has 3 aromatic carbocycles. The minimum Gasteiger partial charge on any atom is -0.465 e. The maximum Gasteiger partial charge on any atom is 0.337 e. The fraction of sp³-hybridized carbons (Fsp3) is 0.200. The lowest BCUT2D eigenvalue weighted by Gasteiger charge is -2.16. The second kappa shape index (κ2) is 12.4. The molecule has 9 heteroatoms. The summed E-state index contributed by atoms with van der Waals surface area (Å²) in [6, 6.07) is 20.7. The van der Waals surface area contributed by atoms with Crippen molar-refractivity contribution in [1.29, 1.82) is 0 Å². The van der Waals surface area contributed by atoms with Crippen molar-refractivity contribution < 1.29 is 23.9 Å². The van der Waals surface area contributed by atoms with Crippen LogP contribution in [0.2, 0.25) is 0 Å². The summed E-state index contributed by atoms with van der Waals surface area (Å²) in [6.45, 7) is 2.15. The Hall–Kier alpha value is -4.43. The van der Waals surface area contributed by atoms with Gasteiger partial charge in [-0.25, -0.2) is 9.69 Å². The Labute approximate surface area is 231 Å². The minimum absolute atomic E-state index is 0.0852. The van der Waals surface area contributed by atoms with Crippen molar-refractivity contribution >= 4 is 52.4 Å². The van der Waals surface area contributed by atoms with Crippen molar-refractivity contribution in [2.45, 2.75) is 32.6 Å². The number of halogens is 1. The summed E-state index contributed by atoms with van der Waals surface area (Å²) in [4.78, 5) is 51.1. The highest BCUT2D eigenvalue weighted by molar-refractivity contribution is 6.53. The van der Waals surface area contributed by atoms with Gasteiger partial charge >= 0.3 is 5.97 Å². The summed E-state index contributed by atoms with van der Waals surface area (Å²) in [5.74, 6) is -2.11. The molecule has 0 atom stereocenters. The number of methoxy groups -OCH3 is 1. The molecule has 0 saturated heterocycles. The van der Waals surface area contributed by atoms with Gasteiger partial charge in [-0.05, 0) is 66.4 Å². The Kier molecular flexibility index (Phi) is 8.78. The van der Waals surface area contributed by atoms with Crippen LogP contribution in [0.25, 0.3) is 0 Å². The number of benzene rings is 3. The molecule has 8 nitrogen and oxygen atoms in total. The molecule has 0 bridgehead atoms. The Morgan fingerprint density at radius 3 is 2.23 bits per heavy atom. The average Bonchev–Trinajstić information content (AvgIpc) is 3.16. The van der Waals surface area contributed by atoms with Gasteiger partial charge in [0.1, 0.15) is 10.7 Å². The Bertz CT molecular complexity index is 1430. The van der Waals surface area contributed by atoms with Crippen LogP contribution >= 0.6 is 11.6 Å².